The maximum absolute atomic E-state index is 16.4. The molecule has 1 aliphatic carbocycles. The number of aromatic nitrogens is 1. The van der Waals surface area contributed by atoms with E-state index in [2.05, 4.69) is 24.1 Å². The Bertz CT molecular complexity index is 1880. The number of carboxylic acids is 1. The number of pyridine rings is 1. The number of fused-ring (bicyclic) bond motifs is 3. The van der Waals surface area contributed by atoms with Crippen molar-refractivity contribution < 1.29 is 24.2 Å². The molecule has 0 bridgehead atoms. The van der Waals surface area contributed by atoms with Crippen LogP contribution in [-0.2, 0) is 15.0 Å². The van der Waals surface area contributed by atoms with Gasteiger partial charge in [0.25, 0.3) is 0 Å². The topological polar surface area (TPSA) is 103 Å². The molecule has 3 N–H and O–H groups in total. The minimum Gasteiger partial charge on any atom is -0.480 e. The average molecular weight is 689 g/mol. The second-order valence-corrected chi connectivity index (χ2v) is 14.8. The van der Waals surface area contributed by atoms with Crippen LogP contribution in [0.3, 0.4) is 0 Å². The van der Waals surface area contributed by atoms with Gasteiger partial charge in [0.15, 0.2) is 11.0 Å². The number of aliphatic carboxylic acids is 1. The number of carbonyl (C=O) groups excluding carboxylic acids is 1. The van der Waals surface area contributed by atoms with Crippen LogP contribution < -0.4 is 5.32 Å². The van der Waals surface area contributed by atoms with Crippen molar-refractivity contribution in [2.75, 3.05) is 5.32 Å². The smallest absolute Gasteiger partial charge is 0.321 e. The van der Waals surface area contributed by atoms with Gasteiger partial charge >= 0.3 is 5.97 Å². The molecule has 1 amide bonds. The molecule has 3 aromatic carbocycles. The molecule has 0 radical (unpaired) electrons. The molecule has 4 aromatic rings. The number of hydrogen-bond donors (Lipinski definition) is 3. The second-order valence-electron chi connectivity index (χ2n) is 14.0. The van der Waals surface area contributed by atoms with Crippen LogP contribution in [-0.4, -0.2) is 43.6 Å². The van der Waals surface area contributed by atoms with Gasteiger partial charge in [-0.1, -0.05) is 104 Å². The van der Waals surface area contributed by atoms with Gasteiger partial charge < -0.3 is 15.5 Å². The number of likely N-dealkylation sites (tertiary alicyclic amines) is 1. The number of aliphatic hydroxyl groups is 1. The van der Waals surface area contributed by atoms with Crippen LogP contribution in [0, 0.1) is 11.2 Å². The van der Waals surface area contributed by atoms with Crippen molar-refractivity contribution in [2.24, 2.45) is 5.41 Å². The highest BCUT2D eigenvalue weighted by Crippen LogP contribution is 2.69. The van der Waals surface area contributed by atoms with E-state index in [1.165, 1.54) is 12.3 Å². The van der Waals surface area contributed by atoms with Crippen molar-refractivity contribution in [1.29, 1.82) is 0 Å². The highest BCUT2D eigenvalue weighted by atomic mass is 35.5. The van der Waals surface area contributed by atoms with Crippen LogP contribution in [0.15, 0.2) is 91.1 Å². The SMILES string of the molecule is CC1(C)CCC2(CC1)N(C(c1ccccc1)C(O)c1ccccc1)C(C(=O)O)[C@H](c1ccnc(Cl)c1F)[C@]21C(=O)Nc2cc(Cl)ccc21. The van der Waals surface area contributed by atoms with E-state index in [4.69, 9.17) is 23.2 Å². The fourth-order valence-electron chi connectivity index (χ4n) is 8.98. The third kappa shape index (κ3) is 4.79. The fourth-order valence-corrected chi connectivity index (χ4v) is 9.32. The van der Waals surface area contributed by atoms with Gasteiger partial charge in [-0.05, 0) is 71.6 Å². The summed E-state index contributed by atoms with van der Waals surface area (Å²) in [5, 5.41) is 26.9. The first-order valence-electron chi connectivity index (χ1n) is 16.1. The molecule has 1 saturated carbocycles. The summed E-state index contributed by atoms with van der Waals surface area (Å²) in [6.07, 6.45) is 2.25. The van der Waals surface area contributed by atoms with Gasteiger partial charge in [-0.25, -0.2) is 9.37 Å². The monoisotopic (exact) mass is 687 g/mol. The van der Waals surface area contributed by atoms with Gasteiger partial charge in [-0.3, -0.25) is 14.5 Å². The Balaban J connectivity index is 1.62. The van der Waals surface area contributed by atoms with E-state index in [0.717, 1.165) is 0 Å². The van der Waals surface area contributed by atoms with Crippen molar-refractivity contribution in [3.63, 3.8) is 0 Å². The molecule has 248 valence electrons. The largest absolute Gasteiger partial charge is 0.480 e. The van der Waals surface area contributed by atoms with E-state index in [0.29, 0.717) is 53.1 Å². The zero-order valence-corrected chi connectivity index (χ0v) is 28.0. The Kier molecular flexibility index (Phi) is 8.14. The van der Waals surface area contributed by atoms with E-state index in [1.54, 1.807) is 30.3 Å². The number of halogens is 3. The van der Waals surface area contributed by atoms with Crippen LogP contribution in [0.4, 0.5) is 10.1 Å². The Morgan fingerprint density at radius 2 is 1.58 bits per heavy atom. The highest BCUT2D eigenvalue weighted by molar-refractivity contribution is 6.31. The van der Waals surface area contributed by atoms with Crippen molar-refractivity contribution in [3.8, 4) is 0 Å². The molecule has 7 rings (SSSR count). The molecule has 3 unspecified atom stereocenters. The normalized spacial score (nSPS) is 25.5. The number of nitrogens with zero attached hydrogens (tertiary/aromatic N) is 2. The van der Waals surface area contributed by atoms with Gasteiger partial charge in [0.1, 0.15) is 11.5 Å². The summed E-state index contributed by atoms with van der Waals surface area (Å²) in [6, 6.07) is 22.5. The molecule has 2 aliphatic heterocycles. The lowest BCUT2D eigenvalue weighted by Gasteiger charge is -2.56. The number of rotatable bonds is 6. The molecular formula is C38H36Cl2FN3O4. The van der Waals surface area contributed by atoms with Crippen molar-refractivity contribution in [2.45, 2.75) is 74.6 Å². The minimum atomic E-state index is -1.62. The Hall–Kier alpha value is -3.82. The summed E-state index contributed by atoms with van der Waals surface area (Å²) in [7, 11) is 0. The second kappa shape index (κ2) is 11.9. The van der Waals surface area contributed by atoms with Crippen molar-refractivity contribution in [1.82, 2.24) is 9.88 Å². The van der Waals surface area contributed by atoms with Crippen LogP contribution in [0.2, 0.25) is 10.2 Å². The summed E-state index contributed by atoms with van der Waals surface area (Å²) < 4.78 is 16.4. The predicted octanol–water partition coefficient (Wildman–Crippen LogP) is 8.08. The first kappa shape index (κ1) is 32.7. The summed E-state index contributed by atoms with van der Waals surface area (Å²) in [6.45, 7) is 4.33. The molecule has 2 spiro atoms. The number of amides is 1. The maximum Gasteiger partial charge on any atom is 0.321 e. The van der Waals surface area contributed by atoms with Crippen LogP contribution in [0.25, 0.3) is 0 Å². The summed E-state index contributed by atoms with van der Waals surface area (Å²) in [5.74, 6) is -3.83. The molecule has 2 fully saturated rings. The van der Waals surface area contributed by atoms with Crippen LogP contribution >= 0.6 is 23.2 Å². The molecule has 1 saturated heterocycles. The van der Waals surface area contributed by atoms with E-state index < -0.39 is 57.9 Å². The van der Waals surface area contributed by atoms with Gasteiger partial charge in [0.2, 0.25) is 5.91 Å². The summed E-state index contributed by atoms with van der Waals surface area (Å²) in [5.41, 5.74) is -0.717. The summed E-state index contributed by atoms with van der Waals surface area (Å²) in [4.78, 5) is 34.9. The van der Waals surface area contributed by atoms with E-state index >= 15 is 9.18 Å². The molecule has 10 heteroatoms. The zero-order chi connectivity index (χ0) is 34.0. The third-order valence-electron chi connectivity index (χ3n) is 11.1. The number of carbonyl (C=O) groups is 2. The van der Waals surface area contributed by atoms with Crippen molar-refractivity contribution >= 4 is 40.8 Å². The van der Waals surface area contributed by atoms with Gasteiger partial charge in [-0.2, -0.15) is 0 Å². The lowest BCUT2D eigenvalue weighted by molar-refractivity contribution is -0.150. The Morgan fingerprint density at radius 1 is 0.958 bits per heavy atom. The van der Waals surface area contributed by atoms with Gasteiger partial charge in [0.05, 0.1) is 12.1 Å². The lowest BCUT2D eigenvalue weighted by atomic mass is 9.53. The molecule has 7 nitrogen and oxygen atoms in total. The molecule has 1 aromatic heterocycles. The number of benzene rings is 3. The van der Waals surface area contributed by atoms with E-state index in [9.17, 15) is 15.0 Å². The first-order chi connectivity index (χ1) is 22.9. The number of anilines is 1. The number of aliphatic hydroxyl groups excluding tert-OH is 1. The maximum atomic E-state index is 16.4. The van der Waals surface area contributed by atoms with Crippen LogP contribution in [0.1, 0.15) is 79.8 Å². The highest BCUT2D eigenvalue weighted by Gasteiger charge is 2.77. The Morgan fingerprint density at radius 3 is 2.21 bits per heavy atom. The lowest BCUT2D eigenvalue weighted by Crippen LogP contribution is -2.63. The van der Waals surface area contributed by atoms with Crippen molar-refractivity contribution in [3.05, 3.63) is 129 Å². The standard InChI is InChI=1S/C38H36Cl2FN3O4/c1-36(2)16-18-37(19-17-36)38(26-14-13-24(39)21-27(26)43-35(38)48)28(25-15-20-42-33(40)29(25)41)31(34(46)47)44(37)30(22-9-5-3-6-10-22)32(45)23-11-7-4-8-12-23/h3-15,20-21,28,30-32,45H,16-19H2,1-2H3,(H,43,48)(H,46,47)/t28-,30?,31?,32?,38+/m0/s1. The average Bonchev–Trinajstić information content (AvgIpc) is 3.50. The number of nitrogens with one attached hydrogen (secondary N) is 1. The molecule has 5 atom stereocenters. The van der Waals surface area contributed by atoms with Crippen LogP contribution in [0.5, 0.6) is 0 Å². The molecule has 3 aliphatic rings. The van der Waals surface area contributed by atoms with E-state index in [1.807, 2.05) is 53.4 Å². The Labute approximate surface area is 288 Å². The fraction of sp³-hybridized carbons (Fsp3) is 0.342. The van der Waals surface area contributed by atoms with Gasteiger partial charge in [0, 0.05) is 28.4 Å². The molecular weight excluding hydrogens is 652 g/mol. The number of carboxylic acid groups (broad SMARTS) is 1. The number of hydrogen-bond acceptors (Lipinski definition) is 5. The molecule has 48 heavy (non-hydrogen) atoms. The third-order valence-corrected chi connectivity index (χ3v) is 11.6. The van der Waals surface area contributed by atoms with Gasteiger partial charge in [-0.15, -0.1) is 0 Å². The van der Waals surface area contributed by atoms with E-state index in [-0.39, 0.29) is 11.0 Å². The summed E-state index contributed by atoms with van der Waals surface area (Å²) >= 11 is 12.8. The first-order valence-corrected chi connectivity index (χ1v) is 16.9. The quantitative estimate of drug-likeness (QED) is 0.177. The minimum absolute atomic E-state index is 0.0203. The predicted molar refractivity (Wildman–Crippen MR) is 183 cm³/mol. The molecule has 3 heterocycles. The zero-order valence-electron chi connectivity index (χ0n) is 26.5.